The highest BCUT2D eigenvalue weighted by Crippen LogP contribution is 2.22. The van der Waals surface area contributed by atoms with Crippen LogP contribution in [-0.4, -0.2) is 12.1 Å². The first-order valence-corrected chi connectivity index (χ1v) is 4.62. The monoisotopic (exact) mass is 204 g/mol. The van der Waals surface area contributed by atoms with E-state index in [1.54, 1.807) is 13.4 Å². The second kappa shape index (κ2) is 4.14. The molecule has 78 valence electrons. The standard InChI is InChI=1S/C11H12N2O2/c1-14-10-4-2-3-8(5-10)11-13-9(6-12)7-15-11/h2-5,7H,6,12H2,1H3. The number of nitrogens with zero attached hydrogens (tertiary/aromatic N) is 1. The minimum atomic E-state index is 0.382. The zero-order valence-corrected chi connectivity index (χ0v) is 8.43. The van der Waals surface area contributed by atoms with Crippen LogP contribution in [0.15, 0.2) is 34.9 Å². The molecule has 0 unspecified atom stereocenters. The molecule has 0 aliphatic carbocycles. The Balaban J connectivity index is 2.35. The molecule has 15 heavy (non-hydrogen) atoms. The summed E-state index contributed by atoms with van der Waals surface area (Å²) in [5.41, 5.74) is 7.08. The van der Waals surface area contributed by atoms with Gasteiger partial charge >= 0.3 is 0 Å². The average Bonchev–Trinajstić information content (AvgIpc) is 2.78. The molecule has 0 atom stereocenters. The van der Waals surface area contributed by atoms with Crippen LogP contribution in [0.4, 0.5) is 0 Å². The molecular weight excluding hydrogens is 192 g/mol. The maximum Gasteiger partial charge on any atom is 0.226 e. The predicted octanol–water partition coefficient (Wildman–Crippen LogP) is 1.81. The maximum absolute atomic E-state index is 5.45. The molecule has 0 aliphatic rings. The second-order valence-electron chi connectivity index (χ2n) is 3.08. The fourth-order valence-electron chi connectivity index (χ4n) is 1.29. The van der Waals surface area contributed by atoms with Gasteiger partial charge in [0.05, 0.1) is 12.8 Å². The van der Waals surface area contributed by atoms with E-state index in [9.17, 15) is 0 Å². The Morgan fingerprint density at radius 2 is 2.33 bits per heavy atom. The van der Waals surface area contributed by atoms with Crippen LogP contribution in [0.1, 0.15) is 5.69 Å². The minimum Gasteiger partial charge on any atom is -0.497 e. The number of rotatable bonds is 3. The van der Waals surface area contributed by atoms with Gasteiger partial charge in [0.15, 0.2) is 0 Å². The van der Waals surface area contributed by atoms with Crippen molar-refractivity contribution in [3.63, 3.8) is 0 Å². The molecule has 0 saturated carbocycles. The van der Waals surface area contributed by atoms with Crippen molar-refractivity contribution in [3.05, 3.63) is 36.2 Å². The molecule has 1 heterocycles. The Kier molecular flexibility index (Phi) is 2.69. The topological polar surface area (TPSA) is 61.3 Å². The lowest BCUT2D eigenvalue weighted by Gasteiger charge is -2.00. The molecule has 2 N–H and O–H groups in total. The van der Waals surface area contributed by atoms with E-state index >= 15 is 0 Å². The van der Waals surface area contributed by atoms with Gasteiger partial charge in [-0.1, -0.05) is 6.07 Å². The lowest BCUT2D eigenvalue weighted by molar-refractivity contribution is 0.414. The quantitative estimate of drug-likeness (QED) is 0.828. The molecule has 0 spiro atoms. The highest BCUT2D eigenvalue weighted by Gasteiger charge is 2.06. The third-order valence-corrected chi connectivity index (χ3v) is 2.08. The molecule has 1 aromatic heterocycles. The highest BCUT2D eigenvalue weighted by atomic mass is 16.5. The van der Waals surface area contributed by atoms with E-state index in [1.165, 1.54) is 0 Å². The van der Waals surface area contributed by atoms with Gasteiger partial charge in [0, 0.05) is 12.1 Å². The maximum atomic E-state index is 5.45. The Hall–Kier alpha value is -1.81. The summed E-state index contributed by atoms with van der Waals surface area (Å²) in [7, 11) is 1.62. The van der Waals surface area contributed by atoms with Crippen LogP contribution in [0.2, 0.25) is 0 Å². The van der Waals surface area contributed by atoms with E-state index in [4.69, 9.17) is 14.9 Å². The highest BCUT2D eigenvalue weighted by molar-refractivity contribution is 5.55. The fraction of sp³-hybridized carbons (Fsp3) is 0.182. The molecule has 0 aliphatic heterocycles. The van der Waals surface area contributed by atoms with Gasteiger partial charge in [-0.2, -0.15) is 0 Å². The van der Waals surface area contributed by atoms with Gasteiger partial charge in [0.1, 0.15) is 12.0 Å². The summed E-state index contributed by atoms with van der Waals surface area (Å²) in [6.45, 7) is 0.382. The van der Waals surface area contributed by atoms with Gasteiger partial charge in [0.25, 0.3) is 0 Å². The van der Waals surface area contributed by atoms with Gasteiger partial charge < -0.3 is 14.9 Å². The molecule has 0 bridgehead atoms. The smallest absolute Gasteiger partial charge is 0.226 e. The number of aromatic nitrogens is 1. The predicted molar refractivity (Wildman–Crippen MR) is 56.4 cm³/mol. The van der Waals surface area contributed by atoms with Crippen molar-refractivity contribution >= 4 is 0 Å². The minimum absolute atomic E-state index is 0.382. The number of hydrogen-bond acceptors (Lipinski definition) is 4. The van der Waals surface area contributed by atoms with Crippen LogP contribution in [-0.2, 0) is 6.54 Å². The van der Waals surface area contributed by atoms with E-state index in [0.717, 1.165) is 17.0 Å². The molecule has 0 saturated heterocycles. The van der Waals surface area contributed by atoms with Crippen molar-refractivity contribution in [1.29, 1.82) is 0 Å². The van der Waals surface area contributed by atoms with Gasteiger partial charge in [0.2, 0.25) is 5.89 Å². The van der Waals surface area contributed by atoms with Crippen LogP contribution in [0, 0.1) is 0 Å². The van der Waals surface area contributed by atoms with Gasteiger partial charge in [-0.15, -0.1) is 0 Å². The van der Waals surface area contributed by atoms with Gasteiger partial charge in [-0.25, -0.2) is 4.98 Å². The number of nitrogens with two attached hydrogens (primary N) is 1. The van der Waals surface area contributed by atoms with Gasteiger partial charge in [-0.05, 0) is 18.2 Å². The summed E-state index contributed by atoms with van der Waals surface area (Å²) >= 11 is 0. The lowest BCUT2D eigenvalue weighted by Crippen LogP contribution is -1.95. The van der Waals surface area contributed by atoms with E-state index in [-0.39, 0.29) is 0 Å². The molecule has 4 heteroatoms. The molecule has 2 rings (SSSR count). The van der Waals surface area contributed by atoms with Crippen molar-refractivity contribution in [2.75, 3.05) is 7.11 Å². The van der Waals surface area contributed by atoms with E-state index in [0.29, 0.717) is 12.4 Å². The van der Waals surface area contributed by atoms with Crippen LogP contribution in [0.25, 0.3) is 11.5 Å². The van der Waals surface area contributed by atoms with Gasteiger partial charge in [-0.3, -0.25) is 0 Å². The first kappa shape index (κ1) is 9.73. The Bertz CT molecular complexity index is 451. The normalized spacial score (nSPS) is 10.3. The average molecular weight is 204 g/mol. The van der Waals surface area contributed by atoms with Crippen LogP contribution in [0.5, 0.6) is 5.75 Å². The summed E-state index contributed by atoms with van der Waals surface area (Å²) in [6, 6.07) is 7.54. The second-order valence-corrected chi connectivity index (χ2v) is 3.08. The summed E-state index contributed by atoms with van der Waals surface area (Å²) in [5, 5.41) is 0. The number of benzene rings is 1. The Morgan fingerprint density at radius 1 is 1.47 bits per heavy atom. The van der Waals surface area contributed by atoms with Crippen LogP contribution >= 0.6 is 0 Å². The molecule has 1 aromatic carbocycles. The zero-order chi connectivity index (χ0) is 10.7. The van der Waals surface area contributed by atoms with E-state index in [2.05, 4.69) is 4.98 Å². The number of ether oxygens (including phenoxy) is 1. The Morgan fingerprint density at radius 3 is 3.00 bits per heavy atom. The van der Waals surface area contributed by atoms with Crippen LogP contribution < -0.4 is 10.5 Å². The zero-order valence-electron chi connectivity index (χ0n) is 8.43. The number of oxazole rings is 1. The van der Waals surface area contributed by atoms with Crippen molar-refractivity contribution < 1.29 is 9.15 Å². The van der Waals surface area contributed by atoms with Crippen molar-refractivity contribution in [2.45, 2.75) is 6.54 Å². The third-order valence-electron chi connectivity index (χ3n) is 2.08. The molecule has 0 amide bonds. The third kappa shape index (κ3) is 1.99. The summed E-state index contributed by atoms with van der Waals surface area (Å²) in [5.74, 6) is 1.34. The van der Waals surface area contributed by atoms with Crippen molar-refractivity contribution in [1.82, 2.24) is 4.98 Å². The largest absolute Gasteiger partial charge is 0.497 e. The van der Waals surface area contributed by atoms with E-state index in [1.807, 2.05) is 24.3 Å². The van der Waals surface area contributed by atoms with Crippen molar-refractivity contribution in [3.8, 4) is 17.2 Å². The fourth-order valence-corrected chi connectivity index (χ4v) is 1.29. The summed E-state index contributed by atoms with van der Waals surface area (Å²) in [4.78, 5) is 4.23. The number of hydrogen-bond donors (Lipinski definition) is 1. The Labute approximate surface area is 87.7 Å². The van der Waals surface area contributed by atoms with Crippen LogP contribution in [0.3, 0.4) is 0 Å². The molecular formula is C11H12N2O2. The molecule has 2 aromatic rings. The van der Waals surface area contributed by atoms with Crippen molar-refractivity contribution in [2.24, 2.45) is 5.73 Å². The molecule has 4 nitrogen and oxygen atoms in total. The molecule has 0 radical (unpaired) electrons. The summed E-state index contributed by atoms with van der Waals surface area (Å²) < 4.78 is 10.4. The van der Waals surface area contributed by atoms with E-state index < -0.39 is 0 Å². The SMILES string of the molecule is COc1cccc(-c2nc(CN)co2)c1. The first-order valence-electron chi connectivity index (χ1n) is 4.62. The lowest BCUT2D eigenvalue weighted by atomic mass is 10.2. The number of methoxy groups -OCH3 is 1. The molecule has 0 fully saturated rings. The summed E-state index contributed by atoms with van der Waals surface area (Å²) in [6.07, 6.45) is 1.56. The first-order chi connectivity index (χ1) is 7.33.